The minimum Gasteiger partial charge on any atom is -0.478 e. The van der Waals surface area contributed by atoms with Crippen LogP contribution in [0.4, 0.5) is 0 Å². The van der Waals surface area contributed by atoms with Crippen molar-refractivity contribution in [2.24, 2.45) is 0 Å². The summed E-state index contributed by atoms with van der Waals surface area (Å²) in [6.45, 7) is 2.10. The summed E-state index contributed by atoms with van der Waals surface area (Å²) in [5.41, 5.74) is 0.949. The SMILES string of the molecule is CCCS(=O)(=O)CCn1cc(C(=O)O)c2ccccc21. The molecule has 6 heteroatoms. The monoisotopic (exact) mass is 295 g/mol. The van der Waals surface area contributed by atoms with Gasteiger partial charge in [-0.05, 0) is 12.5 Å². The molecule has 0 bridgehead atoms. The van der Waals surface area contributed by atoms with Gasteiger partial charge in [0, 0.05) is 29.4 Å². The molecule has 0 atom stereocenters. The van der Waals surface area contributed by atoms with Crippen molar-refractivity contribution >= 4 is 26.7 Å². The third kappa shape index (κ3) is 3.01. The number of benzene rings is 1. The molecule has 0 spiro atoms. The zero-order valence-corrected chi connectivity index (χ0v) is 12.1. The van der Waals surface area contributed by atoms with Crippen LogP contribution in [0.3, 0.4) is 0 Å². The summed E-state index contributed by atoms with van der Waals surface area (Å²) < 4.78 is 25.2. The Balaban J connectivity index is 2.34. The Morgan fingerprint density at radius 1 is 1.25 bits per heavy atom. The molecule has 0 unspecified atom stereocenters. The minimum absolute atomic E-state index is 0.0264. The summed E-state index contributed by atoms with van der Waals surface area (Å²) in [6, 6.07) is 7.11. The molecule has 108 valence electrons. The molecule has 2 aromatic rings. The van der Waals surface area contributed by atoms with Crippen LogP contribution >= 0.6 is 0 Å². The lowest BCUT2D eigenvalue weighted by molar-refractivity contribution is 0.0699. The van der Waals surface area contributed by atoms with Crippen molar-refractivity contribution < 1.29 is 18.3 Å². The van der Waals surface area contributed by atoms with E-state index < -0.39 is 15.8 Å². The molecule has 1 N–H and O–H groups in total. The van der Waals surface area contributed by atoms with Gasteiger partial charge in [-0.25, -0.2) is 13.2 Å². The minimum atomic E-state index is -3.08. The standard InChI is InChI=1S/C14H17NO4S/c1-2-8-20(18,19)9-7-15-10-12(14(16)17)11-5-3-4-6-13(11)15/h3-6,10H,2,7-9H2,1H3,(H,16,17). The number of aromatic carboxylic acids is 1. The number of rotatable bonds is 6. The van der Waals surface area contributed by atoms with Gasteiger partial charge in [-0.2, -0.15) is 0 Å². The molecule has 1 heterocycles. The molecule has 0 saturated carbocycles. The number of sulfone groups is 1. The molecule has 1 aromatic carbocycles. The first-order valence-electron chi connectivity index (χ1n) is 6.46. The number of carbonyl (C=O) groups is 1. The third-order valence-electron chi connectivity index (χ3n) is 3.18. The zero-order chi connectivity index (χ0) is 14.8. The first-order valence-corrected chi connectivity index (χ1v) is 8.28. The largest absolute Gasteiger partial charge is 0.478 e. The molecule has 0 aliphatic carbocycles. The molecular weight excluding hydrogens is 278 g/mol. The van der Waals surface area contributed by atoms with Gasteiger partial charge >= 0.3 is 5.97 Å². The molecule has 0 aliphatic heterocycles. The van der Waals surface area contributed by atoms with Crippen molar-refractivity contribution in [1.82, 2.24) is 4.57 Å². The van der Waals surface area contributed by atoms with Gasteiger partial charge in [0.25, 0.3) is 0 Å². The normalized spacial score (nSPS) is 11.8. The van der Waals surface area contributed by atoms with Crippen molar-refractivity contribution in [2.75, 3.05) is 11.5 Å². The van der Waals surface area contributed by atoms with E-state index in [-0.39, 0.29) is 23.6 Å². The van der Waals surface area contributed by atoms with Crippen LogP contribution < -0.4 is 0 Å². The van der Waals surface area contributed by atoms with E-state index in [9.17, 15) is 18.3 Å². The molecular formula is C14H17NO4S. The van der Waals surface area contributed by atoms with Gasteiger partial charge in [0.15, 0.2) is 9.84 Å². The van der Waals surface area contributed by atoms with Crippen LogP contribution in [0.15, 0.2) is 30.5 Å². The Bertz CT molecular complexity index is 731. The highest BCUT2D eigenvalue weighted by atomic mass is 32.2. The predicted octanol–water partition coefficient (Wildman–Crippen LogP) is 2.16. The maximum atomic E-state index is 11.8. The summed E-state index contributed by atoms with van der Waals surface area (Å²) in [5, 5.41) is 9.81. The summed E-state index contributed by atoms with van der Waals surface area (Å²) in [6.07, 6.45) is 2.10. The number of nitrogens with zero attached hydrogens (tertiary/aromatic N) is 1. The van der Waals surface area contributed by atoms with E-state index >= 15 is 0 Å². The van der Waals surface area contributed by atoms with Gasteiger partial charge < -0.3 is 9.67 Å². The average Bonchev–Trinajstić information content (AvgIpc) is 2.75. The first-order chi connectivity index (χ1) is 9.44. The molecule has 0 radical (unpaired) electrons. The molecule has 2 rings (SSSR count). The van der Waals surface area contributed by atoms with E-state index in [4.69, 9.17) is 0 Å². The van der Waals surface area contributed by atoms with Crippen LogP contribution in [0.1, 0.15) is 23.7 Å². The number of para-hydroxylation sites is 1. The zero-order valence-electron chi connectivity index (χ0n) is 11.2. The van der Waals surface area contributed by atoms with Crippen LogP contribution in [0.2, 0.25) is 0 Å². The number of aromatic nitrogens is 1. The number of carboxylic acid groups (broad SMARTS) is 1. The van der Waals surface area contributed by atoms with Crippen LogP contribution in [-0.2, 0) is 16.4 Å². The number of carboxylic acids is 1. The van der Waals surface area contributed by atoms with Crippen molar-refractivity contribution in [3.63, 3.8) is 0 Å². The van der Waals surface area contributed by atoms with E-state index in [0.29, 0.717) is 11.8 Å². The summed E-state index contributed by atoms with van der Waals surface area (Å²) in [5.74, 6) is -0.812. The van der Waals surface area contributed by atoms with Gasteiger partial charge in [0.2, 0.25) is 0 Å². The number of hydrogen-bond donors (Lipinski definition) is 1. The molecule has 5 nitrogen and oxygen atoms in total. The van der Waals surface area contributed by atoms with Crippen molar-refractivity contribution in [1.29, 1.82) is 0 Å². The highest BCUT2D eigenvalue weighted by Crippen LogP contribution is 2.21. The summed E-state index contributed by atoms with van der Waals surface area (Å²) in [7, 11) is -3.08. The fraction of sp³-hybridized carbons (Fsp3) is 0.357. The average molecular weight is 295 g/mol. The summed E-state index contributed by atoms with van der Waals surface area (Å²) in [4.78, 5) is 11.2. The van der Waals surface area contributed by atoms with E-state index in [1.165, 1.54) is 6.20 Å². The van der Waals surface area contributed by atoms with Crippen LogP contribution in [0.25, 0.3) is 10.9 Å². The fourth-order valence-corrected chi connectivity index (χ4v) is 3.55. The molecule has 0 saturated heterocycles. The molecule has 0 aliphatic rings. The van der Waals surface area contributed by atoms with E-state index in [1.807, 2.05) is 13.0 Å². The first kappa shape index (κ1) is 14.6. The van der Waals surface area contributed by atoms with Gasteiger partial charge in [0.05, 0.1) is 11.3 Å². The Labute approximate surface area is 117 Å². The van der Waals surface area contributed by atoms with Crippen molar-refractivity contribution in [3.05, 3.63) is 36.0 Å². The van der Waals surface area contributed by atoms with Crippen LogP contribution in [0.5, 0.6) is 0 Å². The highest BCUT2D eigenvalue weighted by Gasteiger charge is 2.15. The maximum Gasteiger partial charge on any atom is 0.337 e. The quantitative estimate of drug-likeness (QED) is 0.886. The Hall–Kier alpha value is -1.82. The topological polar surface area (TPSA) is 76.4 Å². The van der Waals surface area contributed by atoms with Crippen LogP contribution in [-0.4, -0.2) is 35.6 Å². The fourth-order valence-electron chi connectivity index (χ4n) is 2.25. The van der Waals surface area contributed by atoms with Crippen molar-refractivity contribution in [3.8, 4) is 0 Å². The highest BCUT2D eigenvalue weighted by molar-refractivity contribution is 7.91. The molecule has 20 heavy (non-hydrogen) atoms. The van der Waals surface area contributed by atoms with Gasteiger partial charge in [-0.3, -0.25) is 0 Å². The lowest BCUT2D eigenvalue weighted by Gasteiger charge is -2.06. The molecule has 1 aromatic heterocycles. The Morgan fingerprint density at radius 3 is 2.60 bits per heavy atom. The second kappa shape index (κ2) is 5.66. The molecule has 0 fully saturated rings. The predicted molar refractivity (Wildman–Crippen MR) is 77.8 cm³/mol. The van der Waals surface area contributed by atoms with Crippen molar-refractivity contribution in [2.45, 2.75) is 19.9 Å². The summed E-state index contributed by atoms with van der Waals surface area (Å²) >= 11 is 0. The third-order valence-corrected chi connectivity index (χ3v) is 5.01. The Kier molecular flexibility index (Phi) is 4.13. The lowest BCUT2D eigenvalue weighted by Crippen LogP contribution is -2.15. The van der Waals surface area contributed by atoms with E-state index in [1.54, 1.807) is 22.8 Å². The van der Waals surface area contributed by atoms with Gasteiger partial charge in [-0.1, -0.05) is 25.1 Å². The lowest BCUT2D eigenvalue weighted by atomic mass is 10.2. The number of fused-ring (bicyclic) bond motifs is 1. The molecule has 0 amide bonds. The van der Waals surface area contributed by atoms with E-state index in [0.717, 1.165) is 5.52 Å². The van der Waals surface area contributed by atoms with E-state index in [2.05, 4.69) is 0 Å². The number of hydrogen-bond acceptors (Lipinski definition) is 3. The smallest absolute Gasteiger partial charge is 0.337 e. The second-order valence-electron chi connectivity index (χ2n) is 4.71. The van der Waals surface area contributed by atoms with Gasteiger partial charge in [0.1, 0.15) is 0 Å². The second-order valence-corrected chi connectivity index (χ2v) is 7.01. The Morgan fingerprint density at radius 2 is 1.95 bits per heavy atom. The van der Waals surface area contributed by atoms with Gasteiger partial charge in [-0.15, -0.1) is 0 Å². The maximum absolute atomic E-state index is 11.8. The number of aryl methyl sites for hydroxylation is 1. The van der Waals surface area contributed by atoms with Crippen LogP contribution in [0, 0.1) is 0 Å².